The van der Waals surface area contributed by atoms with E-state index < -0.39 is 0 Å². The SMILES string of the molecule is CC(C)(C)/C(P)=C(\O)N=N. The van der Waals surface area contributed by atoms with Crippen molar-refractivity contribution in [2.45, 2.75) is 20.8 Å². The molecule has 0 fully saturated rings. The second-order valence-electron chi connectivity index (χ2n) is 3.10. The monoisotopic (exact) mass is 160 g/mol. The van der Waals surface area contributed by atoms with Crippen LogP contribution in [0.4, 0.5) is 0 Å². The van der Waals surface area contributed by atoms with Crippen molar-refractivity contribution in [3.05, 3.63) is 11.2 Å². The van der Waals surface area contributed by atoms with Crippen LogP contribution in [0.15, 0.2) is 16.3 Å². The predicted octanol–water partition coefficient (Wildman–Crippen LogP) is 2.67. The van der Waals surface area contributed by atoms with E-state index in [0.717, 1.165) is 0 Å². The first-order chi connectivity index (χ1) is 4.39. The van der Waals surface area contributed by atoms with Crippen LogP contribution < -0.4 is 0 Å². The molecule has 0 radical (unpaired) electrons. The van der Waals surface area contributed by atoms with Gasteiger partial charge in [0.25, 0.3) is 0 Å². The van der Waals surface area contributed by atoms with Crippen LogP contribution in [-0.2, 0) is 0 Å². The second kappa shape index (κ2) is 3.11. The average molecular weight is 160 g/mol. The van der Waals surface area contributed by atoms with Gasteiger partial charge in [0, 0.05) is 5.31 Å². The lowest BCUT2D eigenvalue weighted by atomic mass is 9.96. The molecule has 4 heteroatoms. The van der Waals surface area contributed by atoms with Gasteiger partial charge < -0.3 is 5.11 Å². The van der Waals surface area contributed by atoms with E-state index in [4.69, 9.17) is 10.6 Å². The van der Waals surface area contributed by atoms with E-state index in [2.05, 4.69) is 14.4 Å². The summed E-state index contributed by atoms with van der Waals surface area (Å²) in [4.78, 5) is 0. The maximum atomic E-state index is 8.97. The molecule has 0 spiro atoms. The van der Waals surface area contributed by atoms with Crippen LogP contribution in [-0.4, -0.2) is 5.11 Å². The maximum absolute atomic E-state index is 8.97. The van der Waals surface area contributed by atoms with Crippen molar-refractivity contribution in [2.24, 2.45) is 10.5 Å². The Labute approximate surface area is 63.2 Å². The van der Waals surface area contributed by atoms with Crippen molar-refractivity contribution in [1.29, 1.82) is 5.53 Å². The van der Waals surface area contributed by atoms with Gasteiger partial charge in [-0.1, -0.05) is 20.8 Å². The molecular weight excluding hydrogens is 147 g/mol. The van der Waals surface area contributed by atoms with Crippen molar-refractivity contribution >= 4 is 9.24 Å². The lowest BCUT2D eigenvalue weighted by molar-refractivity contribution is 0.372. The minimum absolute atomic E-state index is 0.140. The van der Waals surface area contributed by atoms with Gasteiger partial charge >= 0.3 is 0 Å². The summed E-state index contributed by atoms with van der Waals surface area (Å²) in [7, 11) is 2.38. The Kier molecular flexibility index (Phi) is 2.97. The van der Waals surface area contributed by atoms with Gasteiger partial charge in [0.15, 0.2) is 0 Å². The van der Waals surface area contributed by atoms with Crippen molar-refractivity contribution in [3.8, 4) is 0 Å². The Morgan fingerprint density at radius 3 is 2.00 bits per heavy atom. The summed E-state index contributed by atoms with van der Waals surface area (Å²) in [6.07, 6.45) is 0. The summed E-state index contributed by atoms with van der Waals surface area (Å²) in [5, 5.41) is 12.5. The van der Waals surface area contributed by atoms with Crippen LogP contribution in [0.2, 0.25) is 0 Å². The van der Waals surface area contributed by atoms with Crippen molar-refractivity contribution < 1.29 is 5.11 Å². The Bertz CT molecular complexity index is 169. The molecule has 2 N–H and O–H groups in total. The third-order valence-corrected chi connectivity index (χ3v) is 2.28. The van der Waals surface area contributed by atoms with Crippen LogP contribution in [0.25, 0.3) is 0 Å². The molecule has 0 heterocycles. The number of nitrogens with zero attached hydrogens (tertiary/aromatic N) is 1. The molecule has 0 saturated carbocycles. The van der Waals surface area contributed by atoms with Gasteiger partial charge in [0.05, 0.1) is 0 Å². The largest absolute Gasteiger partial charge is 0.492 e. The van der Waals surface area contributed by atoms with E-state index in [9.17, 15) is 0 Å². The predicted molar refractivity (Wildman–Crippen MR) is 44.0 cm³/mol. The lowest BCUT2D eigenvalue weighted by Crippen LogP contribution is -2.06. The zero-order valence-corrected chi connectivity index (χ0v) is 7.63. The molecule has 0 aromatic carbocycles. The van der Waals surface area contributed by atoms with Crippen molar-refractivity contribution in [1.82, 2.24) is 0 Å². The lowest BCUT2D eigenvalue weighted by Gasteiger charge is -2.18. The molecule has 0 aromatic rings. The zero-order chi connectivity index (χ0) is 8.36. The van der Waals surface area contributed by atoms with E-state index in [0.29, 0.717) is 5.31 Å². The Hall–Kier alpha value is -0.430. The molecule has 0 amide bonds. The number of hydrogen-bond acceptors (Lipinski definition) is 3. The van der Waals surface area contributed by atoms with Gasteiger partial charge in [-0.15, -0.1) is 14.4 Å². The molecule has 0 aliphatic carbocycles. The van der Waals surface area contributed by atoms with E-state index in [1.165, 1.54) is 0 Å². The average Bonchev–Trinajstić information content (AvgIpc) is 1.83. The van der Waals surface area contributed by atoms with E-state index in [-0.39, 0.29) is 11.3 Å². The summed E-state index contributed by atoms with van der Waals surface area (Å²) in [6, 6.07) is 0. The highest BCUT2D eigenvalue weighted by atomic mass is 31.0. The molecule has 0 rings (SSSR count). The molecule has 0 saturated heterocycles. The normalized spacial score (nSPS) is 14.4. The molecule has 0 bridgehead atoms. The smallest absolute Gasteiger partial charge is 0.233 e. The highest BCUT2D eigenvalue weighted by molar-refractivity contribution is 7.22. The fourth-order valence-electron chi connectivity index (χ4n) is 0.396. The minimum Gasteiger partial charge on any atom is -0.492 e. The van der Waals surface area contributed by atoms with Gasteiger partial charge in [0.1, 0.15) is 0 Å². The first-order valence-electron chi connectivity index (χ1n) is 2.96. The molecule has 1 atom stereocenters. The van der Waals surface area contributed by atoms with Crippen LogP contribution in [0.1, 0.15) is 20.8 Å². The summed E-state index contributed by atoms with van der Waals surface area (Å²) in [5.74, 6) is -0.211. The van der Waals surface area contributed by atoms with Gasteiger partial charge in [-0.05, 0) is 5.41 Å². The highest BCUT2D eigenvalue weighted by Crippen LogP contribution is 2.32. The number of aliphatic hydroxyl groups is 1. The first-order valence-corrected chi connectivity index (χ1v) is 3.54. The van der Waals surface area contributed by atoms with E-state index in [1.54, 1.807) is 0 Å². The molecule has 58 valence electrons. The Morgan fingerprint density at radius 2 is 1.90 bits per heavy atom. The highest BCUT2D eigenvalue weighted by Gasteiger charge is 2.16. The second-order valence-corrected chi connectivity index (χ2v) is 3.68. The number of allylic oxidation sites excluding steroid dienone is 1. The Morgan fingerprint density at radius 1 is 1.50 bits per heavy atom. The Balaban J connectivity index is 4.63. The van der Waals surface area contributed by atoms with Gasteiger partial charge in [-0.3, -0.25) is 0 Å². The molecule has 10 heavy (non-hydrogen) atoms. The molecular formula is C6H13N2OP. The third-order valence-electron chi connectivity index (χ3n) is 1.15. The standard InChI is InChI=1S/C6H13N2OP/c1-6(2,3)4(10)5(9)8-7/h7,9H,10H2,1-3H3/b5-4+,8-7?. The van der Waals surface area contributed by atoms with Crippen LogP contribution in [0, 0.1) is 10.9 Å². The molecule has 0 aromatic heterocycles. The molecule has 0 aliphatic heterocycles. The summed E-state index contributed by atoms with van der Waals surface area (Å²) in [6.45, 7) is 5.82. The van der Waals surface area contributed by atoms with Crippen LogP contribution in [0.5, 0.6) is 0 Å². The van der Waals surface area contributed by atoms with Gasteiger partial charge in [-0.25, -0.2) is 5.53 Å². The minimum atomic E-state index is -0.211. The molecule has 3 nitrogen and oxygen atoms in total. The number of aliphatic hydroxyl groups excluding tert-OH is 1. The van der Waals surface area contributed by atoms with Crippen LogP contribution >= 0.6 is 9.24 Å². The zero-order valence-electron chi connectivity index (χ0n) is 6.47. The summed E-state index contributed by atoms with van der Waals surface area (Å²) in [5.41, 5.74) is 6.38. The molecule has 0 aliphatic rings. The topological polar surface area (TPSA) is 56.4 Å². The summed E-state index contributed by atoms with van der Waals surface area (Å²) >= 11 is 0. The molecule has 1 unspecified atom stereocenters. The fourth-order valence-corrected chi connectivity index (χ4v) is 0.460. The van der Waals surface area contributed by atoms with Gasteiger partial charge in [0.2, 0.25) is 5.88 Å². The number of hydrogen-bond donors (Lipinski definition) is 2. The third kappa shape index (κ3) is 2.44. The number of nitrogens with one attached hydrogen (secondary N) is 1. The van der Waals surface area contributed by atoms with Crippen molar-refractivity contribution in [3.63, 3.8) is 0 Å². The van der Waals surface area contributed by atoms with E-state index >= 15 is 0 Å². The van der Waals surface area contributed by atoms with E-state index in [1.807, 2.05) is 20.8 Å². The van der Waals surface area contributed by atoms with Crippen LogP contribution in [0.3, 0.4) is 0 Å². The van der Waals surface area contributed by atoms with Gasteiger partial charge in [-0.2, -0.15) is 0 Å². The quantitative estimate of drug-likeness (QED) is 0.346. The van der Waals surface area contributed by atoms with Crippen molar-refractivity contribution in [2.75, 3.05) is 0 Å². The fraction of sp³-hybridized carbons (Fsp3) is 0.667. The summed E-state index contributed by atoms with van der Waals surface area (Å²) < 4.78 is 0. The first kappa shape index (κ1) is 9.57. The maximum Gasteiger partial charge on any atom is 0.233 e. The number of rotatable bonds is 1.